The SMILES string of the molecule is COC(=O)[C@H](Cc1ccccc1)N=Cc1ccccc1B1Oc2ccc3ccccc3c2-c2c(ccc3ccccc23)O1. The van der Waals surface area contributed by atoms with Crippen LogP contribution < -0.4 is 14.8 Å². The van der Waals surface area contributed by atoms with Crippen molar-refractivity contribution < 1.29 is 18.8 Å². The summed E-state index contributed by atoms with van der Waals surface area (Å²) < 4.78 is 18.5. The van der Waals surface area contributed by atoms with Crippen molar-refractivity contribution in [2.24, 2.45) is 4.99 Å². The number of methoxy groups -OCH3 is 1. The van der Waals surface area contributed by atoms with E-state index in [0.717, 1.165) is 60.8 Å². The van der Waals surface area contributed by atoms with Crippen LogP contribution in [0.1, 0.15) is 11.1 Å². The lowest BCUT2D eigenvalue weighted by atomic mass is 9.75. The second-order valence-corrected chi connectivity index (χ2v) is 10.5. The Bertz CT molecular complexity index is 1900. The summed E-state index contributed by atoms with van der Waals surface area (Å²) in [4.78, 5) is 17.4. The second kappa shape index (κ2) is 11.5. The molecule has 1 aliphatic heterocycles. The molecule has 6 heteroatoms. The van der Waals surface area contributed by atoms with E-state index >= 15 is 0 Å². The first-order chi connectivity index (χ1) is 21.2. The lowest BCUT2D eigenvalue weighted by molar-refractivity contribution is -0.142. The van der Waals surface area contributed by atoms with E-state index < -0.39 is 13.2 Å². The number of rotatable bonds is 6. The number of benzene rings is 6. The quantitative estimate of drug-likeness (QED) is 0.125. The maximum Gasteiger partial charge on any atom is 0.633 e. The van der Waals surface area contributed by atoms with Crippen LogP contribution in [0.15, 0.2) is 132 Å². The standard InChI is InChI=1S/C37H28BNO4/c1-41-37(40)32(23-25-11-3-2-4-12-25)39-24-28-15-7-10-18-31(28)38-42-33-21-19-26-13-5-8-16-29(26)35(33)36-30-17-9-6-14-27(30)20-22-34(36)43-38/h2-22,24,32H,23H2,1H3/t32-/m0/s1. The Kier molecular flexibility index (Phi) is 7.09. The maximum absolute atomic E-state index is 12.7. The predicted molar refractivity (Wildman–Crippen MR) is 174 cm³/mol. The number of fused-ring (bicyclic) bond motifs is 7. The average molecular weight is 561 g/mol. The van der Waals surface area contributed by atoms with Gasteiger partial charge in [-0.1, -0.05) is 115 Å². The Labute approximate surface area is 250 Å². The van der Waals surface area contributed by atoms with E-state index in [9.17, 15) is 4.79 Å². The highest BCUT2D eigenvalue weighted by atomic mass is 16.6. The summed E-state index contributed by atoms with van der Waals surface area (Å²) in [6.07, 6.45) is 2.16. The molecule has 0 saturated carbocycles. The molecule has 0 fully saturated rings. The summed E-state index contributed by atoms with van der Waals surface area (Å²) >= 11 is 0. The van der Waals surface area contributed by atoms with Gasteiger partial charge in [-0.25, -0.2) is 4.79 Å². The number of esters is 1. The Morgan fingerprint density at radius 3 is 1.91 bits per heavy atom. The zero-order chi connectivity index (χ0) is 29.2. The summed E-state index contributed by atoms with van der Waals surface area (Å²) in [6.45, 7) is 0. The van der Waals surface area contributed by atoms with Crippen LogP contribution in [0, 0.1) is 0 Å². The first kappa shape index (κ1) is 26.5. The highest BCUT2D eigenvalue weighted by molar-refractivity contribution is 6.64. The minimum atomic E-state index is -0.754. The molecule has 0 N–H and O–H groups in total. The molecule has 0 saturated heterocycles. The minimum absolute atomic E-state index is 0.388. The number of ether oxygens (including phenoxy) is 1. The van der Waals surface area contributed by atoms with Crippen LogP contribution in [-0.2, 0) is 16.0 Å². The highest BCUT2D eigenvalue weighted by Crippen LogP contribution is 2.47. The third-order valence-corrected chi connectivity index (χ3v) is 7.89. The summed E-state index contributed by atoms with van der Waals surface area (Å²) in [6, 6.07) is 41.8. The van der Waals surface area contributed by atoms with Gasteiger partial charge in [0.2, 0.25) is 0 Å². The molecule has 0 amide bonds. The Hall–Kier alpha value is -5.36. The normalized spacial score (nSPS) is 13.1. The highest BCUT2D eigenvalue weighted by Gasteiger charge is 2.35. The predicted octanol–water partition coefficient (Wildman–Crippen LogP) is 7.03. The molecule has 0 aliphatic carbocycles. The fraction of sp³-hybridized carbons (Fsp3) is 0.0811. The Balaban J connectivity index is 1.33. The Morgan fingerprint density at radius 1 is 0.721 bits per heavy atom. The lowest BCUT2D eigenvalue weighted by Crippen LogP contribution is -2.44. The molecule has 1 aliphatic rings. The van der Waals surface area contributed by atoms with Crippen molar-refractivity contribution in [2.45, 2.75) is 12.5 Å². The van der Waals surface area contributed by atoms with E-state index in [1.807, 2.05) is 78.9 Å². The smallest absolute Gasteiger partial charge is 0.521 e. The van der Waals surface area contributed by atoms with E-state index in [4.69, 9.17) is 19.0 Å². The molecule has 6 aromatic carbocycles. The molecule has 6 aromatic rings. The van der Waals surface area contributed by atoms with Gasteiger partial charge in [0.15, 0.2) is 6.04 Å². The number of aliphatic imine (C=N–C) groups is 1. The number of carbonyl (C=O) groups excluding carboxylic acids is 1. The van der Waals surface area contributed by atoms with Crippen molar-refractivity contribution in [3.05, 3.63) is 139 Å². The minimum Gasteiger partial charge on any atom is -0.521 e. The van der Waals surface area contributed by atoms with Gasteiger partial charge < -0.3 is 14.0 Å². The van der Waals surface area contributed by atoms with E-state index in [-0.39, 0.29) is 5.97 Å². The van der Waals surface area contributed by atoms with Gasteiger partial charge in [0, 0.05) is 29.2 Å². The molecule has 0 radical (unpaired) electrons. The van der Waals surface area contributed by atoms with Crippen molar-refractivity contribution in [3.63, 3.8) is 0 Å². The third-order valence-electron chi connectivity index (χ3n) is 7.89. The van der Waals surface area contributed by atoms with Gasteiger partial charge in [-0.2, -0.15) is 0 Å². The Morgan fingerprint density at radius 2 is 1.28 bits per heavy atom. The topological polar surface area (TPSA) is 57.1 Å². The molecule has 208 valence electrons. The van der Waals surface area contributed by atoms with E-state index in [1.54, 1.807) is 6.21 Å². The van der Waals surface area contributed by atoms with Gasteiger partial charge in [0.05, 0.1) is 7.11 Å². The summed E-state index contributed by atoms with van der Waals surface area (Å²) in [5.41, 5.74) is 4.61. The van der Waals surface area contributed by atoms with Gasteiger partial charge in [0.1, 0.15) is 11.5 Å². The van der Waals surface area contributed by atoms with Crippen molar-refractivity contribution >= 4 is 46.3 Å². The van der Waals surface area contributed by atoms with Crippen LogP contribution in [0.4, 0.5) is 0 Å². The molecule has 43 heavy (non-hydrogen) atoms. The van der Waals surface area contributed by atoms with Gasteiger partial charge in [-0.3, -0.25) is 4.99 Å². The molecule has 7 rings (SSSR count). The number of carbonyl (C=O) groups is 1. The first-order valence-electron chi connectivity index (χ1n) is 14.3. The van der Waals surface area contributed by atoms with Crippen molar-refractivity contribution in [1.29, 1.82) is 0 Å². The second-order valence-electron chi connectivity index (χ2n) is 10.5. The van der Waals surface area contributed by atoms with Crippen LogP contribution in [0.2, 0.25) is 0 Å². The van der Waals surface area contributed by atoms with Crippen LogP contribution in [0.25, 0.3) is 32.7 Å². The number of nitrogens with zero attached hydrogens (tertiary/aromatic N) is 1. The van der Waals surface area contributed by atoms with Crippen LogP contribution >= 0.6 is 0 Å². The van der Waals surface area contributed by atoms with Crippen LogP contribution in [0.3, 0.4) is 0 Å². The van der Waals surface area contributed by atoms with Gasteiger partial charge in [0.25, 0.3) is 0 Å². The molecule has 0 bridgehead atoms. The average Bonchev–Trinajstić information content (AvgIpc) is 3.24. The molecule has 5 nitrogen and oxygen atoms in total. The van der Waals surface area contributed by atoms with E-state index in [2.05, 4.69) is 48.5 Å². The van der Waals surface area contributed by atoms with Gasteiger partial charge >= 0.3 is 13.1 Å². The molecule has 1 heterocycles. The molecule has 1 atom stereocenters. The summed E-state index contributed by atoms with van der Waals surface area (Å²) in [5.74, 6) is 1.09. The van der Waals surface area contributed by atoms with Crippen LogP contribution in [-0.4, -0.2) is 32.5 Å². The van der Waals surface area contributed by atoms with E-state index in [1.165, 1.54) is 7.11 Å². The number of hydrogen-bond donors (Lipinski definition) is 0. The summed E-state index contributed by atoms with van der Waals surface area (Å²) in [7, 11) is 0.634. The molecule has 0 aromatic heterocycles. The number of hydrogen-bond acceptors (Lipinski definition) is 5. The van der Waals surface area contributed by atoms with E-state index in [0.29, 0.717) is 6.42 Å². The van der Waals surface area contributed by atoms with Crippen LogP contribution in [0.5, 0.6) is 11.5 Å². The molecular weight excluding hydrogens is 533 g/mol. The molecule has 0 spiro atoms. The zero-order valence-electron chi connectivity index (χ0n) is 23.6. The lowest BCUT2D eigenvalue weighted by Gasteiger charge is -2.17. The zero-order valence-corrected chi connectivity index (χ0v) is 23.6. The summed E-state index contributed by atoms with van der Waals surface area (Å²) in [5, 5.41) is 4.45. The molecular formula is C37H28BNO4. The largest absolute Gasteiger partial charge is 0.633 e. The first-order valence-corrected chi connectivity index (χ1v) is 14.3. The van der Waals surface area contributed by atoms with Crippen molar-refractivity contribution in [3.8, 4) is 22.6 Å². The maximum atomic E-state index is 12.7. The monoisotopic (exact) mass is 561 g/mol. The fourth-order valence-electron chi connectivity index (χ4n) is 5.78. The fourth-order valence-corrected chi connectivity index (χ4v) is 5.78. The molecule has 0 unspecified atom stereocenters. The van der Waals surface area contributed by atoms with Crippen molar-refractivity contribution in [1.82, 2.24) is 0 Å². The van der Waals surface area contributed by atoms with Gasteiger partial charge in [-0.05, 0) is 44.8 Å². The third kappa shape index (κ3) is 5.12. The van der Waals surface area contributed by atoms with Crippen molar-refractivity contribution in [2.75, 3.05) is 7.11 Å². The van der Waals surface area contributed by atoms with Gasteiger partial charge in [-0.15, -0.1) is 0 Å².